The molecule has 0 aliphatic rings. The second-order valence-corrected chi connectivity index (χ2v) is 3.52. The molecule has 0 amide bonds. The van der Waals surface area contributed by atoms with Crippen LogP contribution in [-0.2, 0) is 6.42 Å². The van der Waals surface area contributed by atoms with Crippen LogP contribution in [-0.4, -0.2) is 0 Å². The van der Waals surface area contributed by atoms with E-state index in [4.69, 9.17) is 11.6 Å². The smallest absolute Gasteiger partial charge is 0.0408 e. The van der Waals surface area contributed by atoms with E-state index in [1.807, 2.05) is 12.1 Å². The number of aryl methyl sites for hydroxylation is 1. The predicted molar refractivity (Wildman–Crippen MR) is 54.7 cm³/mol. The van der Waals surface area contributed by atoms with Gasteiger partial charge in [-0.05, 0) is 30.5 Å². The number of hydrogen-bond donors (Lipinski definition) is 0. The van der Waals surface area contributed by atoms with Crippen molar-refractivity contribution in [2.45, 2.75) is 32.6 Å². The van der Waals surface area contributed by atoms with Gasteiger partial charge in [0.25, 0.3) is 0 Å². The maximum atomic E-state index is 5.86. The van der Waals surface area contributed by atoms with Crippen LogP contribution in [0.2, 0.25) is 5.02 Å². The van der Waals surface area contributed by atoms with Gasteiger partial charge in [-0.1, -0.05) is 43.5 Å². The Balaban J connectivity index is 2.41. The number of halogens is 1. The third-order valence-corrected chi connectivity index (χ3v) is 2.19. The van der Waals surface area contributed by atoms with Crippen molar-refractivity contribution in [1.82, 2.24) is 0 Å². The lowest BCUT2D eigenvalue weighted by Crippen LogP contribution is -1.84. The van der Waals surface area contributed by atoms with Gasteiger partial charge in [0, 0.05) is 5.02 Å². The van der Waals surface area contributed by atoms with E-state index in [1.165, 1.54) is 24.8 Å². The van der Waals surface area contributed by atoms with Gasteiger partial charge in [0.05, 0.1) is 0 Å². The highest BCUT2D eigenvalue weighted by Crippen LogP contribution is 2.13. The highest BCUT2D eigenvalue weighted by atomic mass is 35.5. The summed E-state index contributed by atoms with van der Waals surface area (Å²) in [5.41, 5.74) is 1.36. The molecule has 0 aromatic heterocycles. The first kappa shape index (κ1) is 9.60. The largest absolute Gasteiger partial charge is 0.0843 e. The molecule has 0 nitrogen and oxygen atoms in total. The van der Waals surface area contributed by atoms with Crippen LogP contribution in [0.1, 0.15) is 31.7 Å². The van der Waals surface area contributed by atoms with Crippen molar-refractivity contribution in [2.24, 2.45) is 0 Å². The Kier molecular flexibility index (Phi) is 4.16. The molecule has 1 aromatic rings. The quantitative estimate of drug-likeness (QED) is 0.616. The summed E-state index contributed by atoms with van der Waals surface area (Å²) < 4.78 is 0. The van der Waals surface area contributed by atoms with Crippen LogP contribution in [0.5, 0.6) is 0 Å². The van der Waals surface area contributed by atoms with E-state index < -0.39 is 0 Å². The Morgan fingerprint density at radius 2 is 2.08 bits per heavy atom. The minimum Gasteiger partial charge on any atom is -0.0843 e. The summed E-state index contributed by atoms with van der Waals surface area (Å²) in [5.74, 6) is 0. The van der Waals surface area contributed by atoms with Crippen molar-refractivity contribution in [1.29, 1.82) is 0 Å². The van der Waals surface area contributed by atoms with Crippen LogP contribution in [0.15, 0.2) is 24.3 Å². The maximum absolute atomic E-state index is 5.86. The molecule has 0 saturated heterocycles. The van der Waals surface area contributed by atoms with E-state index in [0.29, 0.717) is 0 Å². The Bertz CT molecular complexity index is 230. The van der Waals surface area contributed by atoms with Crippen LogP contribution in [0, 0.1) is 0 Å². The van der Waals surface area contributed by atoms with Crippen molar-refractivity contribution < 1.29 is 0 Å². The lowest BCUT2D eigenvalue weighted by molar-refractivity contribution is 0.717. The van der Waals surface area contributed by atoms with Crippen LogP contribution in [0.3, 0.4) is 0 Å². The van der Waals surface area contributed by atoms with Gasteiger partial charge in [0.15, 0.2) is 0 Å². The number of unbranched alkanes of at least 4 members (excludes halogenated alkanes) is 2. The molecule has 12 heavy (non-hydrogen) atoms. The molecule has 1 rings (SSSR count). The third-order valence-electron chi connectivity index (χ3n) is 1.96. The van der Waals surface area contributed by atoms with E-state index in [1.54, 1.807) is 0 Å². The molecule has 0 unspecified atom stereocenters. The molecule has 0 N–H and O–H groups in total. The van der Waals surface area contributed by atoms with Gasteiger partial charge >= 0.3 is 0 Å². The van der Waals surface area contributed by atoms with E-state index in [2.05, 4.69) is 19.1 Å². The van der Waals surface area contributed by atoms with Gasteiger partial charge in [-0.15, -0.1) is 0 Å². The Morgan fingerprint density at radius 1 is 1.25 bits per heavy atom. The zero-order valence-corrected chi connectivity index (χ0v) is 8.27. The van der Waals surface area contributed by atoms with Gasteiger partial charge < -0.3 is 0 Å². The Morgan fingerprint density at radius 3 is 2.75 bits per heavy atom. The number of benzene rings is 1. The van der Waals surface area contributed by atoms with Gasteiger partial charge in [-0.25, -0.2) is 0 Å². The summed E-state index contributed by atoms with van der Waals surface area (Å²) in [7, 11) is 0. The standard InChI is InChI=1S/C11H15Cl/c1-2-3-4-6-10-7-5-8-11(12)9-10/h5,7-9H,2-4,6H2,1H3. The maximum Gasteiger partial charge on any atom is 0.0408 e. The third kappa shape index (κ3) is 3.27. The molecular weight excluding hydrogens is 168 g/mol. The fraction of sp³-hybridized carbons (Fsp3) is 0.455. The Hall–Kier alpha value is -0.490. The first-order valence-electron chi connectivity index (χ1n) is 4.57. The molecule has 0 fully saturated rings. The SMILES string of the molecule is CCCCCc1cccc(Cl)c1. The second kappa shape index (κ2) is 5.21. The molecule has 66 valence electrons. The summed E-state index contributed by atoms with van der Waals surface area (Å²) >= 11 is 5.86. The summed E-state index contributed by atoms with van der Waals surface area (Å²) in [6.07, 6.45) is 5.03. The highest BCUT2D eigenvalue weighted by Gasteiger charge is 1.93. The molecular formula is C11H15Cl. The minimum atomic E-state index is 0.851. The fourth-order valence-electron chi connectivity index (χ4n) is 1.27. The molecule has 0 saturated carbocycles. The molecule has 0 atom stereocenters. The van der Waals surface area contributed by atoms with Crippen LogP contribution >= 0.6 is 11.6 Å². The Labute approximate surface area is 79.6 Å². The van der Waals surface area contributed by atoms with Gasteiger partial charge in [-0.2, -0.15) is 0 Å². The zero-order chi connectivity index (χ0) is 8.81. The van der Waals surface area contributed by atoms with Gasteiger partial charge in [-0.3, -0.25) is 0 Å². The molecule has 0 spiro atoms. The fourth-order valence-corrected chi connectivity index (χ4v) is 1.48. The predicted octanol–water partition coefficient (Wildman–Crippen LogP) is 4.07. The highest BCUT2D eigenvalue weighted by molar-refractivity contribution is 6.30. The normalized spacial score (nSPS) is 10.2. The molecule has 0 radical (unpaired) electrons. The van der Waals surface area contributed by atoms with Crippen molar-refractivity contribution in [3.63, 3.8) is 0 Å². The molecule has 0 aliphatic heterocycles. The average Bonchev–Trinajstić information content (AvgIpc) is 2.05. The van der Waals surface area contributed by atoms with Crippen molar-refractivity contribution in [3.8, 4) is 0 Å². The summed E-state index contributed by atoms with van der Waals surface area (Å²) in [6, 6.07) is 8.13. The van der Waals surface area contributed by atoms with Crippen LogP contribution in [0.25, 0.3) is 0 Å². The number of rotatable bonds is 4. The van der Waals surface area contributed by atoms with Gasteiger partial charge in [0.1, 0.15) is 0 Å². The van der Waals surface area contributed by atoms with Crippen molar-refractivity contribution >= 4 is 11.6 Å². The zero-order valence-electron chi connectivity index (χ0n) is 7.52. The summed E-state index contributed by atoms with van der Waals surface area (Å²) in [4.78, 5) is 0. The number of hydrogen-bond acceptors (Lipinski definition) is 0. The monoisotopic (exact) mass is 182 g/mol. The molecule has 0 bridgehead atoms. The van der Waals surface area contributed by atoms with Crippen molar-refractivity contribution in [3.05, 3.63) is 34.9 Å². The summed E-state index contributed by atoms with van der Waals surface area (Å²) in [6.45, 7) is 2.22. The van der Waals surface area contributed by atoms with E-state index in [0.717, 1.165) is 11.4 Å². The lowest BCUT2D eigenvalue weighted by Gasteiger charge is -2.00. The molecule has 1 heteroatoms. The lowest BCUT2D eigenvalue weighted by atomic mass is 10.1. The van der Waals surface area contributed by atoms with Gasteiger partial charge in [0.2, 0.25) is 0 Å². The summed E-state index contributed by atoms with van der Waals surface area (Å²) in [5, 5.41) is 0.851. The average molecular weight is 183 g/mol. The minimum absolute atomic E-state index is 0.851. The molecule has 1 aromatic carbocycles. The second-order valence-electron chi connectivity index (χ2n) is 3.09. The topological polar surface area (TPSA) is 0 Å². The van der Waals surface area contributed by atoms with E-state index >= 15 is 0 Å². The molecule has 0 aliphatic carbocycles. The molecule has 0 heterocycles. The first-order valence-corrected chi connectivity index (χ1v) is 4.95. The van der Waals surface area contributed by atoms with E-state index in [9.17, 15) is 0 Å². The van der Waals surface area contributed by atoms with Crippen LogP contribution < -0.4 is 0 Å². The first-order chi connectivity index (χ1) is 5.83. The van der Waals surface area contributed by atoms with Crippen LogP contribution in [0.4, 0.5) is 0 Å². The van der Waals surface area contributed by atoms with Crippen molar-refractivity contribution in [2.75, 3.05) is 0 Å². The van der Waals surface area contributed by atoms with E-state index in [-0.39, 0.29) is 0 Å².